The molecule has 0 bridgehead atoms. The van der Waals surface area contributed by atoms with Crippen LogP contribution in [0.15, 0.2) is 35.7 Å². The van der Waals surface area contributed by atoms with Crippen LogP contribution >= 0.6 is 11.3 Å². The van der Waals surface area contributed by atoms with Crippen LogP contribution in [0.4, 0.5) is 11.4 Å². The molecule has 0 saturated heterocycles. The molecule has 1 unspecified atom stereocenters. The standard InChI is InChI=1S/C15H18N2O2S/c1-10(8-12-4-3-7-20-12)17(2)11-5-6-14(16)13(9-11)15(18)19/h3-7,9-10H,8,16H2,1-2H3,(H,18,19). The number of benzene rings is 1. The van der Waals surface area contributed by atoms with Crippen LogP contribution in [-0.4, -0.2) is 24.2 Å². The van der Waals surface area contributed by atoms with E-state index in [2.05, 4.69) is 23.3 Å². The third kappa shape index (κ3) is 3.11. The lowest BCUT2D eigenvalue weighted by atomic mass is 10.1. The van der Waals surface area contributed by atoms with Gasteiger partial charge in [0.2, 0.25) is 0 Å². The third-order valence-electron chi connectivity index (χ3n) is 3.41. The molecule has 1 heterocycles. The average Bonchev–Trinajstić information content (AvgIpc) is 2.91. The van der Waals surface area contributed by atoms with Crippen LogP contribution in [0.5, 0.6) is 0 Å². The van der Waals surface area contributed by atoms with E-state index in [1.165, 1.54) is 4.88 Å². The van der Waals surface area contributed by atoms with Gasteiger partial charge in [-0.25, -0.2) is 4.79 Å². The molecule has 2 rings (SSSR count). The minimum absolute atomic E-state index is 0.151. The Balaban J connectivity index is 2.18. The van der Waals surface area contributed by atoms with E-state index in [0.717, 1.165) is 12.1 Å². The SMILES string of the molecule is CC(Cc1cccs1)N(C)c1ccc(N)c(C(=O)O)c1. The van der Waals surface area contributed by atoms with E-state index < -0.39 is 5.97 Å². The smallest absolute Gasteiger partial charge is 0.337 e. The second kappa shape index (κ2) is 5.96. The predicted octanol–water partition coefficient (Wildman–Crippen LogP) is 3.10. The molecule has 0 aliphatic carbocycles. The Kier molecular flexibility index (Phi) is 4.29. The Bertz CT molecular complexity index is 596. The first-order valence-electron chi connectivity index (χ1n) is 6.37. The molecule has 1 atom stereocenters. The lowest BCUT2D eigenvalue weighted by Gasteiger charge is -2.27. The number of rotatable bonds is 5. The van der Waals surface area contributed by atoms with E-state index in [1.807, 2.05) is 19.2 Å². The Morgan fingerprint density at radius 2 is 2.20 bits per heavy atom. The summed E-state index contributed by atoms with van der Waals surface area (Å²) in [4.78, 5) is 14.5. The number of hydrogen-bond donors (Lipinski definition) is 2. The maximum atomic E-state index is 11.1. The third-order valence-corrected chi connectivity index (χ3v) is 4.31. The van der Waals surface area contributed by atoms with Crippen molar-refractivity contribution in [2.75, 3.05) is 17.7 Å². The van der Waals surface area contributed by atoms with Crippen LogP contribution in [0.1, 0.15) is 22.2 Å². The molecule has 0 radical (unpaired) electrons. The minimum Gasteiger partial charge on any atom is -0.478 e. The fourth-order valence-electron chi connectivity index (χ4n) is 2.06. The Hall–Kier alpha value is -2.01. The van der Waals surface area contributed by atoms with Crippen LogP contribution in [0, 0.1) is 0 Å². The van der Waals surface area contributed by atoms with Crippen LogP contribution < -0.4 is 10.6 Å². The first-order chi connectivity index (χ1) is 9.49. The van der Waals surface area contributed by atoms with Gasteiger partial charge >= 0.3 is 5.97 Å². The van der Waals surface area contributed by atoms with Crippen molar-refractivity contribution in [3.05, 3.63) is 46.2 Å². The Labute approximate surface area is 122 Å². The molecule has 1 aromatic carbocycles. The van der Waals surface area contributed by atoms with Gasteiger partial charge in [-0.3, -0.25) is 0 Å². The number of thiophene rings is 1. The topological polar surface area (TPSA) is 66.6 Å². The van der Waals surface area contributed by atoms with E-state index >= 15 is 0 Å². The summed E-state index contributed by atoms with van der Waals surface area (Å²) in [5, 5.41) is 11.2. The molecule has 106 valence electrons. The fraction of sp³-hybridized carbons (Fsp3) is 0.267. The number of carbonyl (C=O) groups is 1. The van der Waals surface area contributed by atoms with Crippen molar-refractivity contribution in [3.8, 4) is 0 Å². The van der Waals surface area contributed by atoms with E-state index in [4.69, 9.17) is 10.8 Å². The maximum absolute atomic E-state index is 11.1. The van der Waals surface area contributed by atoms with Crippen molar-refractivity contribution >= 4 is 28.7 Å². The summed E-state index contributed by atoms with van der Waals surface area (Å²) in [6.07, 6.45) is 0.931. The normalized spacial score (nSPS) is 12.1. The van der Waals surface area contributed by atoms with Crippen LogP contribution in [0.3, 0.4) is 0 Å². The predicted molar refractivity (Wildman–Crippen MR) is 83.7 cm³/mol. The number of nitrogens with zero attached hydrogens (tertiary/aromatic N) is 1. The molecule has 3 N–H and O–H groups in total. The number of likely N-dealkylation sites (N-methyl/N-ethyl adjacent to an activating group) is 1. The van der Waals surface area contributed by atoms with Gasteiger partial charge in [0.1, 0.15) is 0 Å². The van der Waals surface area contributed by atoms with Gasteiger partial charge < -0.3 is 15.7 Å². The first kappa shape index (κ1) is 14.4. The molecule has 0 saturated carbocycles. The summed E-state index contributed by atoms with van der Waals surface area (Å²) in [6, 6.07) is 9.56. The highest BCUT2D eigenvalue weighted by molar-refractivity contribution is 7.09. The maximum Gasteiger partial charge on any atom is 0.337 e. The monoisotopic (exact) mass is 290 g/mol. The zero-order chi connectivity index (χ0) is 14.7. The second-order valence-electron chi connectivity index (χ2n) is 4.82. The van der Waals surface area contributed by atoms with Crippen LogP contribution in [0.25, 0.3) is 0 Å². The number of carboxylic acid groups (broad SMARTS) is 1. The zero-order valence-electron chi connectivity index (χ0n) is 11.5. The van der Waals surface area contributed by atoms with Gasteiger partial charge in [-0.2, -0.15) is 0 Å². The molecule has 0 aliphatic rings. The van der Waals surface area contributed by atoms with Crippen molar-refractivity contribution in [1.82, 2.24) is 0 Å². The fourth-order valence-corrected chi connectivity index (χ4v) is 2.89. The van der Waals surface area contributed by atoms with Crippen molar-refractivity contribution < 1.29 is 9.90 Å². The average molecular weight is 290 g/mol. The highest BCUT2D eigenvalue weighted by Crippen LogP contribution is 2.23. The first-order valence-corrected chi connectivity index (χ1v) is 7.25. The molecule has 1 aromatic heterocycles. The van der Waals surface area contributed by atoms with Crippen molar-refractivity contribution in [3.63, 3.8) is 0 Å². The summed E-state index contributed by atoms with van der Waals surface area (Å²) in [5.41, 5.74) is 6.98. The van der Waals surface area contributed by atoms with Gasteiger partial charge in [0.15, 0.2) is 0 Å². The van der Waals surface area contributed by atoms with Crippen molar-refractivity contribution in [2.24, 2.45) is 0 Å². The summed E-state index contributed by atoms with van der Waals surface area (Å²) in [6.45, 7) is 2.12. The molecule has 5 heteroatoms. The molecular weight excluding hydrogens is 272 g/mol. The summed E-state index contributed by atoms with van der Waals surface area (Å²) < 4.78 is 0. The molecular formula is C15H18N2O2S. The Morgan fingerprint density at radius 3 is 2.80 bits per heavy atom. The molecule has 0 spiro atoms. The number of nitrogen functional groups attached to an aromatic ring is 1. The zero-order valence-corrected chi connectivity index (χ0v) is 12.4. The lowest BCUT2D eigenvalue weighted by Crippen LogP contribution is -2.30. The molecule has 2 aromatic rings. The minimum atomic E-state index is -0.997. The Morgan fingerprint density at radius 1 is 1.45 bits per heavy atom. The van der Waals surface area contributed by atoms with E-state index in [0.29, 0.717) is 5.69 Å². The highest BCUT2D eigenvalue weighted by Gasteiger charge is 2.15. The number of nitrogens with two attached hydrogens (primary N) is 1. The number of anilines is 2. The molecule has 0 fully saturated rings. The van der Waals surface area contributed by atoms with Gasteiger partial charge in [0, 0.05) is 35.8 Å². The van der Waals surface area contributed by atoms with Gasteiger partial charge in [0.25, 0.3) is 0 Å². The van der Waals surface area contributed by atoms with E-state index in [1.54, 1.807) is 23.5 Å². The van der Waals surface area contributed by atoms with Gasteiger partial charge in [0.05, 0.1) is 5.56 Å². The molecule has 0 aliphatic heterocycles. The number of hydrogen-bond acceptors (Lipinski definition) is 4. The van der Waals surface area contributed by atoms with Gasteiger partial charge in [-0.05, 0) is 36.6 Å². The highest BCUT2D eigenvalue weighted by atomic mass is 32.1. The summed E-state index contributed by atoms with van der Waals surface area (Å²) >= 11 is 1.73. The van der Waals surface area contributed by atoms with Crippen molar-refractivity contribution in [1.29, 1.82) is 0 Å². The summed E-state index contributed by atoms with van der Waals surface area (Å²) in [5.74, 6) is -0.997. The largest absolute Gasteiger partial charge is 0.478 e. The molecule has 0 amide bonds. The molecule has 20 heavy (non-hydrogen) atoms. The lowest BCUT2D eigenvalue weighted by molar-refractivity contribution is 0.0698. The molecule has 4 nitrogen and oxygen atoms in total. The van der Waals surface area contributed by atoms with Gasteiger partial charge in [-0.1, -0.05) is 6.07 Å². The van der Waals surface area contributed by atoms with Gasteiger partial charge in [-0.15, -0.1) is 11.3 Å². The van der Waals surface area contributed by atoms with E-state index in [9.17, 15) is 4.79 Å². The van der Waals surface area contributed by atoms with Crippen LogP contribution in [-0.2, 0) is 6.42 Å². The second-order valence-corrected chi connectivity index (χ2v) is 5.85. The summed E-state index contributed by atoms with van der Waals surface area (Å²) in [7, 11) is 1.97. The van der Waals surface area contributed by atoms with Crippen molar-refractivity contribution in [2.45, 2.75) is 19.4 Å². The quantitative estimate of drug-likeness (QED) is 0.830. The number of aromatic carboxylic acids is 1. The van der Waals surface area contributed by atoms with E-state index in [-0.39, 0.29) is 11.6 Å². The van der Waals surface area contributed by atoms with Crippen LogP contribution in [0.2, 0.25) is 0 Å². The number of carboxylic acids is 1.